The van der Waals surface area contributed by atoms with Crippen molar-refractivity contribution in [2.45, 2.75) is 126 Å². The number of sulfonamides is 1. The van der Waals surface area contributed by atoms with Crippen LogP contribution in [0.2, 0.25) is 0 Å². The third-order valence-electron chi connectivity index (χ3n) is 10.2. The Balaban J connectivity index is 1.31. The highest BCUT2D eigenvalue weighted by atomic mass is 32.2. The SMILES string of the molecule is Cc1nc2ccc(F)cc2nc1O[C@@H]1C[C@H]2C(=O)N[C@]3(C(=O)NS(=O)(=O)C4(C)CC4)C[C@H]3C=CCCCCC[C@H](NC(=O)OC(C)(C)C)C(=O)N2C1. The molecule has 52 heavy (non-hydrogen) atoms. The first-order chi connectivity index (χ1) is 24.4. The molecule has 1 aromatic carbocycles. The number of fused-ring (bicyclic) bond motifs is 3. The standard InChI is InChI=1S/C36H47FN6O8S/c1-21-30(39-27-17-23(37)13-14-25(27)38-21)50-24-18-28-29(44)41-36(32(46)42-52(48,49)35(5)15-16-35)19-22(36)11-9-7-6-8-10-12-26(31(45)43(28)20-24)40-33(47)51-34(2,3)4/h9,11,13-14,17,22,24,26,28H,6-8,10,12,15-16,18-20H2,1-5H3,(H,40,47)(H,41,44)(H,42,46)/t22-,24-,26+,28+,36-/m1/s1. The molecule has 0 unspecified atom stereocenters. The molecule has 282 valence electrons. The van der Waals surface area contributed by atoms with Gasteiger partial charge in [0.1, 0.15) is 40.8 Å². The third-order valence-corrected chi connectivity index (χ3v) is 12.4. The maximum atomic E-state index is 14.4. The molecule has 4 amide bonds. The van der Waals surface area contributed by atoms with E-state index in [1.807, 2.05) is 12.2 Å². The Hall–Kier alpha value is -4.34. The summed E-state index contributed by atoms with van der Waals surface area (Å²) in [6.45, 7) is 8.29. The number of aryl methyl sites for hydroxylation is 1. The lowest BCUT2D eigenvalue weighted by Crippen LogP contribution is -2.58. The van der Waals surface area contributed by atoms with Gasteiger partial charge in [-0.25, -0.2) is 27.6 Å². The van der Waals surface area contributed by atoms with Crippen molar-refractivity contribution in [3.05, 3.63) is 41.9 Å². The number of allylic oxidation sites excluding steroid dienone is 1. The lowest BCUT2D eigenvalue weighted by molar-refractivity contribution is -0.141. The van der Waals surface area contributed by atoms with Crippen LogP contribution in [0.15, 0.2) is 30.4 Å². The summed E-state index contributed by atoms with van der Waals surface area (Å²) in [4.78, 5) is 65.6. The van der Waals surface area contributed by atoms with Crippen LogP contribution in [0.25, 0.3) is 11.0 Å². The van der Waals surface area contributed by atoms with Crippen LogP contribution in [0.4, 0.5) is 9.18 Å². The van der Waals surface area contributed by atoms with Crippen molar-refractivity contribution in [1.29, 1.82) is 0 Å². The summed E-state index contributed by atoms with van der Waals surface area (Å²) in [5, 5.41) is 5.54. The summed E-state index contributed by atoms with van der Waals surface area (Å²) in [5.41, 5.74) is -1.23. The van der Waals surface area contributed by atoms with Gasteiger partial charge in [-0.05, 0) is 85.3 Å². The Morgan fingerprint density at radius 2 is 1.85 bits per heavy atom. The minimum absolute atomic E-state index is 0.0202. The molecule has 1 aromatic heterocycles. The van der Waals surface area contributed by atoms with E-state index in [0.29, 0.717) is 36.9 Å². The molecule has 6 rings (SSSR count). The zero-order chi connectivity index (χ0) is 37.6. The van der Waals surface area contributed by atoms with Gasteiger partial charge in [0.25, 0.3) is 5.91 Å². The van der Waals surface area contributed by atoms with Crippen LogP contribution in [-0.4, -0.2) is 87.7 Å². The molecule has 2 aromatic rings. The second kappa shape index (κ2) is 13.9. The molecule has 16 heteroatoms. The van der Waals surface area contributed by atoms with Crippen LogP contribution in [0.1, 0.15) is 91.2 Å². The number of alkyl carbamates (subject to hydrolysis) is 1. The fraction of sp³-hybridized carbons (Fsp3) is 0.611. The minimum Gasteiger partial charge on any atom is -0.471 e. The van der Waals surface area contributed by atoms with E-state index in [1.54, 1.807) is 34.6 Å². The van der Waals surface area contributed by atoms with Crippen LogP contribution in [0.3, 0.4) is 0 Å². The molecule has 3 fully saturated rings. The van der Waals surface area contributed by atoms with Gasteiger partial charge in [0.05, 0.1) is 22.3 Å². The highest BCUT2D eigenvalue weighted by molar-refractivity contribution is 7.91. The fourth-order valence-electron chi connectivity index (χ4n) is 6.77. The van der Waals surface area contributed by atoms with Gasteiger partial charge in [0.15, 0.2) is 0 Å². The summed E-state index contributed by atoms with van der Waals surface area (Å²) in [7, 11) is -4.00. The molecule has 3 N–H and O–H groups in total. The average molecular weight is 743 g/mol. The van der Waals surface area contributed by atoms with E-state index >= 15 is 0 Å². The average Bonchev–Trinajstić information content (AvgIpc) is 3.93. The Bertz CT molecular complexity index is 1910. The molecule has 0 bridgehead atoms. The first-order valence-corrected chi connectivity index (χ1v) is 19.3. The Labute approximate surface area is 302 Å². The number of benzene rings is 1. The van der Waals surface area contributed by atoms with Gasteiger partial charge in [-0.3, -0.25) is 19.1 Å². The molecule has 4 aliphatic rings. The van der Waals surface area contributed by atoms with Crippen LogP contribution in [-0.2, 0) is 29.1 Å². The number of hydrogen-bond acceptors (Lipinski definition) is 10. The first-order valence-electron chi connectivity index (χ1n) is 17.9. The van der Waals surface area contributed by atoms with Crippen LogP contribution < -0.4 is 20.1 Å². The number of rotatable bonds is 6. The summed E-state index contributed by atoms with van der Waals surface area (Å²) < 4.78 is 53.1. The molecule has 5 atom stereocenters. The van der Waals surface area contributed by atoms with E-state index in [4.69, 9.17) is 9.47 Å². The van der Waals surface area contributed by atoms with Gasteiger partial charge in [-0.1, -0.05) is 25.0 Å². The molecule has 0 spiro atoms. The van der Waals surface area contributed by atoms with Gasteiger partial charge in [0.2, 0.25) is 27.7 Å². The van der Waals surface area contributed by atoms with E-state index in [1.165, 1.54) is 23.1 Å². The van der Waals surface area contributed by atoms with Crippen molar-refractivity contribution in [1.82, 2.24) is 30.2 Å². The quantitative estimate of drug-likeness (QED) is 0.369. The number of carbonyl (C=O) groups is 4. The van der Waals surface area contributed by atoms with Crippen molar-refractivity contribution in [2.75, 3.05) is 6.54 Å². The van der Waals surface area contributed by atoms with Gasteiger partial charge >= 0.3 is 6.09 Å². The maximum Gasteiger partial charge on any atom is 0.408 e. The van der Waals surface area contributed by atoms with E-state index in [9.17, 15) is 32.0 Å². The molecule has 2 aliphatic carbocycles. The monoisotopic (exact) mass is 742 g/mol. The summed E-state index contributed by atoms with van der Waals surface area (Å²) >= 11 is 0. The smallest absolute Gasteiger partial charge is 0.408 e. The van der Waals surface area contributed by atoms with Crippen LogP contribution in [0.5, 0.6) is 5.88 Å². The van der Waals surface area contributed by atoms with Gasteiger partial charge in [-0.15, -0.1) is 0 Å². The van der Waals surface area contributed by atoms with Crippen molar-refractivity contribution in [2.24, 2.45) is 5.92 Å². The third kappa shape index (κ3) is 8.01. The van der Waals surface area contributed by atoms with Crippen molar-refractivity contribution >= 4 is 44.9 Å². The molecule has 0 radical (unpaired) electrons. The molecule has 3 heterocycles. The zero-order valence-corrected chi connectivity index (χ0v) is 31.0. The lowest BCUT2D eigenvalue weighted by Gasteiger charge is -2.30. The fourth-order valence-corrected chi connectivity index (χ4v) is 8.08. The van der Waals surface area contributed by atoms with Crippen molar-refractivity contribution < 1.29 is 41.5 Å². The normalized spacial score (nSPS) is 27.7. The van der Waals surface area contributed by atoms with Gasteiger partial charge < -0.3 is 25.0 Å². The number of halogens is 1. The predicted molar refractivity (Wildman–Crippen MR) is 188 cm³/mol. The molecule has 14 nitrogen and oxygen atoms in total. The summed E-state index contributed by atoms with van der Waals surface area (Å²) in [6.07, 6.45) is 6.27. The number of hydrogen-bond donors (Lipinski definition) is 3. The Morgan fingerprint density at radius 3 is 2.56 bits per heavy atom. The topological polar surface area (TPSA) is 186 Å². The predicted octanol–water partition coefficient (Wildman–Crippen LogP) is 3.71. The Kier molecular flexibility index (Phi) is 10.0. The van der Waals surface area contributed by atoms with Crippen molar-refractivity contribution in [3.63, 3.8) is 0 Å². The van der Waals surface area contributed by atoms with E-state index in [-0.39, 0.29) is 37.2 Å². The summed E-state index contributed by atoms with van der Waals surface area (Å²) in [6, 6.07) is 1.81. The second-order valence-corrected chi connectivity index (χ2v) is 17.8. The number of ether oxygens (including phenoxy) is 2. The Morgan fingerprint density at radius 1 is 1.10 bits per heavy atom. The highest BCUT2D eigenvalue weighted by Gasteiger charge is 2.63. The van der Waals surface area contributed by atoms with E-state index in [2.05, 4.69) is 25.3 Å². The molecule has 1 saturated heterocycles. The van der Waals surface area contributed by atoms with Gasteiger partial charge in [0, 0.05) is 18.4 Å². The zero-order valence-electron chi connectivity index (χ0n) is 30.2. The molecular formula is C36H47FN6O8S. The number of carbonyl (C=O) groups excluding carboxylic acids is 4. The van der Waals surface area contributed by atoms with E-state index in [0.717, 1.165) is 12.8 Å². The summed E-state index contributed by atoms with van der Waals surface area (Å²) in [5.74, 6) is -2.89. The second-order valence-electron chi connectivity index (χ2n) is 15.6. The van der Waals surface area contributed by atoms with Crippen LogP contribution >= 0.6 is 0 Å². The minimum atomic E-state index is -4.00. The number of nitrogens with zero attached hydrogens (tertiary/aromatic N) is 3. The van der Waals surface area contributed by atoms with Gasteiger partial charge in [-0.2, -0.15) is 0 Å². The number of aromatic nitrogens is 2. The molecule has 2 aliphatic heterocycles. The van der Waals surface area contributed by atoms with Crippen LogP contribution in [0, 0.1) is 18.7 Å². The molecular weight excluding hydrogens is 695 g/mol. The van der Waals surface area contributed by atoms with E-state index < -0.39 is 79.6 Å². The lowest BCUT2D eigenvalue weighted by atomic mass is 10.0. The molecule has 2 saturated carbocycles. The number of nitrogens with one attached hydrogen (secondary N) is 3. The van der Waals surface area contributed by atoms with Crippen molar-refractivity contribution in [3.8, 4) is 5.88 Å². The largest absolute Gasteiger partial charge is 0.471 e. The first kappa shape index (κ1) is 37.4. The highest BCUT2D eigenvalue weighted by Crippen LogP contribution is 2.47. The maximum absolute atomic E-state index is 14.4. The number of amides is 4.